The second-order valence-electron chi connectivity index (χ2n) is 8.52. The summed E-state index contributed by atoms with van der Waals surface area (Å²) in [4.78, 5) is 4.27. The van der Waals surface area contributed by atoms with Crippen molar-refractivity contribution in [3.8, 4) is 0 Å². The van der Waals surface area contributed by atoms with Gasteiger partial charge in [-0.3, -0.25) is 0 Å². The molecule has 1 atom stereocenters. The van der Waals surface area contributed by atoms with Gasteiger partial charge in [0.15, 0.2) is 0 Å². The molecule has 2 heterocycles. The third-order valence-corrected chi connectivity index (χ3v) is 6.55. The number of rotatable bonds is 7. The quantitative estimate of drug-likeness (QED) is 0.369. The van der Waals surface area contributed by atoms with Crippen LogP contribution in [0.25, 0.3) is 0 Å². The van der Waals surface area contributed by atoms with Crippen LogP contribution >= 0.6 is 0 Å². The van der Waals surface area contributed by atoms with E-state index in [1.807, 2.05) is 12.1 Å². The molecule has 2 aromatic carbocycles. The van der Waals surface area contributed by atoms with E-state index in [9.17, 15) is 0 Å². The maximum absolute atomic E-state index is 6.36. The highest BCUT2D eigenvalue weighted by atomic mass is 16.5. The molecule has 1 unspecified atom stereocenters. The topological polar surface area (TPSA) is 72.9 Å². The van der Waals surface area contributed by atoms with E-state index < -0.39 is 0 Å². The van der Waals surface area contributed by atoms with E-state index in [1.54, 1.807) is 0 Å². The van der Waals surface area contributed by atoms with Gasteiger partial charge in [0.25, 0.3) is 0 Å². The van der Waals surface area contributed by atoms with Crippen molar-refractivity contribution in [2.24, 2.45) is 10.2 Å². The maximum Gasteiger partial charge on any atom is 0.204 e. The summed E-state index contributed by atoms with van der Waals surface area (Å²) in [5.41, 5.74) is 10.7. The monoisotopic (exact) mass is 412 g/mol. The fourth-order valence-corrected chi connectivity index (χ4v) is 4.88. The van der Waals surface area contributed by atoms with Gasteiger partial charge in [0.2, 0.25) is 5.82 Å². The minimum absolute atomic E-state index is 0.167. The minimum atomic E-state index is 0.167. The lowest BCUT2D eigenvalue weighted by Gasteiger charge is -2.29. The lowest BCUT2D eigenvalue weighted by atomic mass is 9.82. The summed E-state index contributed by atoms with van der Waals surface area (Å²) in [6.07, 6.45) is 5.88. The summed E-state index contributed by atoms with van der Waals surface area (Å²) in [6.45, 7) is 0.717. The van der Waals surface area contributed by atoms with Crippen molar-refractivity contribution in [3.63, 3.8) is 0 Å². The average Bonchev–Trinajstić information content (AvgIpc) is 2.80. The standard InChI is InChI=1S/C26H28N4O/c27-24-17-23(25-26(28-24)30-29-25)22(20-9-5-2-6-10-20)15-16-31-21-13-11-19(12-14-21)18-7-3-1-4-8-18/h1-10,17,19,21-22H,11-16H2,(H2,27,28,30)/t19-,21-,22?. The number of anilines is 1. The van der Waals surface area contributed by atoms with Gasteiger partial charge in [0.05, 0.1) is 6.10 Å². The van der Waals surface area contributed by atoms with Gasteiger partial charge >= 0.3 is 0 Å². The Balaban J connectivity index is 1.23. The number of ether oxygens (including phenoxy) is 1. The van der Waals surface area contributed by atoms with Gasteiger partial charge in [-0.05, 0) is 60.8 Å². The van der Waals surface area contributed by atoms with Crippen LogP contribution in [0.2, 0.25) is 0 Å². The highest BCUT2D eigenvalue weighted by Gasteiger charge is 2.26. The molecule has 3 aromatic rings. The second-order valence-corrected chi connectivity index (χ2v) is 8.52. The largest absolute Gasteiger partial charge is 0.384 e. The van der Waals surface area contributed by atoms with Crippen molar-refractivity contribution >= 4 is 17.3 Å². The molecule has 1 aromatic heterocycles. The van der Waals surface area contributed by atoms with E-state index in [0.29, 0.717) is 30.3 Å². The summed E-state index contributed by atoms with van der Waals surface area (Å²) in [6, 6.07) is 23.3. The second kappa shape index (κ2) is 8.98. The number of fused-ring (bicyclic) bond motifs is 1. The molecule has 2 aliphatic rings. The molecule has 1 aliphatic carbocycles. The molecular formula is C26H28N4O. The van der Waals surface area contributed by atoms with E-state index in [-0.39, 0.29) is 5.92 Å². The van der Waals surface area contributed by atoms with Crippen molar-refractivity contribution in [1.82, 2.24) is 4.98 Å². The van der Waals surface area contributed by atoms with Gasteiger partial charge in [-0.25, -0.2) is 4.98 Å². The Morgan fingerprint density at radius 1 is 0.903 bits per heavy atom. The fraction of sp³-hybridized carbons (Fsp3) is 0.346. The molecule has 1 fully saturated rings. The Bertz CT molecular complexity index is 1040. The van der Waals surface area contributed by atoms with E-state index in [2.05, 4.69) is 69.8 Å². The van der Waals surface area contributed by atoms with Crippen LogP contribution in [0.5, 0.6) is 0 Å². The van der Waals surface area contributed by atoms with Crippen molar-refractivity contribution in [2.75, 3.05) is 12.3 Å². The van der Waals surface area contributed by atoms with Crippen molar-refractivity contribution in [1.29, 1.82) is 0 Å². The first kappa shape index (κ1) is 19.9. The summed E-state index contributed by atoms with van der Waals surface area (Å²) >= 11 is 0. The predicted octanol–water partition coefficient (Wildman–Crippen LogP) is 6.66. The number of nitrogens with two attached hydrogens (primary N) is 1. The molecule has 0 radical (unpaired) electrons. The van der Waals surface area contributed by atoms with Crippen LogP contribution in [0.15, 0.2) is 77.0 Å². The first-order valence-electron chi connectivity index (χ1n) is 11.2. The average molecular weight is 413 g/mol. The highest BCUT2D eigenvalue weighted by Crippen LogP contribution is 2.45. The first-order chi connectivity index (χ1) is 15.3. The van der Waals surface area contributed by atoms with Crippen LogP contribution in [0.1, 0.15) is 60.6 Å². The number of aromatic nitrogens is 1. The smallest absolute Gasteiger partial charge is 0.204 e. The summed E-state index contributed by atoms with van der Waals surface area (Å²) < 4.78 is 6.36. The normalized spacial score (nSPS) is 20.6. The van der Waals surface area contributed by atoms with E-state index in [4.69, 9.17) is 10.5 Å². The molecule has 0 bridgehead atoms. The summed E-state index contributed by atoms with van der Waals surface area (Å²) in [5.74, 6) is 1.98. The molecule has 0 spiro atoms. The molecule has 158 valence electrons. The van der Waals surface area contributed by atoms with Crippen LogP contribution in [0, 0.1) is 0 Å². The molecule has 5 rings (SSSR count). The number of nitrogens with zero attached hydrogens (tertiary/aromatic N) is 3. The van der Waals surface area contributed by atoms with Gasteiger partial charge in [0, 0.05) is 12.5 Å². The number of hydrogen-bond donors (Lipinski definition) is 1. The molecule has 1 saturated carbocycles. The van der Waals surface area contributed by atoms with E-state index in [0.717, 1.165) is 30.5 Å². The van der Waals surface area contributed by atoms with Crippen LogP contribution in [-0.2, 0) is 4.74 Å². The SMILES string of the molecule is Nc1cc(C(CCO[C@H]2CC[C@H](c3ccccc3)CC2)c2ccccc2)c2c(n1)N=N2. The lowest BCUT2D eigenvalue weighted by molar-refractivity contribution is 0.0221. The van der Waals surface area contributed by atoms with E-state index >= 15 is 0 Å². The van der Waals surface area contributed by atoms with E-state index in [1.165, 1.54) is 24.0 Å². The number of benzene rings is 2. The summed E-state index contributed by atoms with van der Waals surface area (Å²) in [5, 5.41) is 8.24. The number of pyridine rings is 1. The Kier molecular flexibility index (Phi) is 5.76. The highest BCUT2D eigenvalue weighted by molar-refractivity contribution is 5.70. The predicted molar refractivity (Wildman–Crippen MR) is 123 cm³/mol. The Morgan fingerprint density at radius 2 is 1.61 bits per heavy atom. The molecule has 2 N–H and O–H groups in total. The van der Waals surface area contributed by atoms with Crippen molar-refractivity contribution in [3.05, 3.63) is 83.4 Å². The van der Waals surface area contributed by atoms with Crippen molar-refractivity contribution in [2.45, 2.75) is 50.0 Å². The van der Waals surface area contributed by atoms with Gasteiger partial charge in [-0.2, -0.15) is 0 Å². The molecule has 31 heavy (non-hydrogen) atoms. The van der Waals surface area contributed by atoms with Gasteiger partial charge in [0.1, 0.15) is 11.5 Å². The minimum Gasteiger partial charge on any atom is -0.384 e. The molecule has 1 aliphatic heterocycles. The maximum atomic E-state index is 6.36. The number of nitrogen functional groups attached to an aromatic ring is 1. The Labute approximate surface area is 183 Å². The lowest BCUT2D eigenvalue weighted by Crippen LogP contribution is -2.22. The third kappa shape index (κ3) is 4.37. The molecule has 5 nitrogen and oxygen atoms in total. The molecule has 0 amide bonds. The third-order valence-electron chi connectivity index (χ3n) is 6.55. The molecule has 0 saturated heterocycles. The number of hydrogen-bond acceptors (Lipinski definition) is 5. The molecule has 5 heteroatoms. The zero-order chi connectivity index (χ0) is 21.0. The zero-order valence-electron chi connectivity index (χ0n) is 17.7. The summed E-state index contributed by atoms with van der Waals surface area (Å²) in [7, 11) is 0. The van der Waals surface area contributed by atoms with Gasteiger partial charge in [-0.15, -0.1) is 10.2 Å². The Hall–Kier alpha value is -3.05. The van der Waals surface area contributed by atoms with Gasteiger partial charge in [-0.1, -0.05) is 60.7 Å². The fourth-order valence-electron chi connectivity index (χ4n) is 4.88. The van der Waals surface area contributed by atoms with Crippen LogP contribution in [0.4, 0.5) is 17.3 Å². The first-order valence-corrected chi connectivity index (χ1v) is 11.2. The van der Waals surface area contributed by atoms with Crippen LogP contribution in [-0.4, -0.2) is 17.7 Å². The number of azo groups is 1. The molecular weight excluding hydrogens is 384 g/mol. The zero-order valence-corrected chi connectivity index (χ0v) is 17.7. The van der Waals surface area contributed by atoms with Gasteiger partial charge < -0.3 is 10.5 Å². The van der Waals surface area contributed by atoms with Crippen molar-refractivity contribution < 1.29 is 4.74 Å². The van der Waals surface area contributed by atoms with Crippen LogP contribution < -0.4 is 5.73 Å². The van der Waals surface area contributed by atoms with Crippen LogP contribution in [0.3, 0.4) is 0 Å². The Morgan fingerprint density at radius 3 is 2.29 bits per heavy atom.